The quantitative estimate of drug-likeness (QED) is 0.353. The molecule has 0 fully saturated rings. The Morgan fingerprint density at radius 2 is 1.88 bits per heavy atom. The van der Waals surface area contributed by atoms with E-state index in [1.165, 1.54) is 0 Å². The van der Waals surface area contributed by atoms with Gasteiger partial charge < -0.3 is 10.1 Å². The second kappa shape index (κ2) is 8.37. The summed E-state index contributed by atoms with van der Waals surface area (Å²) >= 11 is 4.93. The number of aromatic nitrogens is 1. The molecule has 7 heteroatoms. The fourth-order valence-electron chi connectivity index (χ4n) is 2.48. The number of carbonyl (C=O) groups is 1. The third-order valence-electron chi connectivity index (χ3n) is 3.75. The van der Waals surface area contributed by atoms with Crippen LogP contribution in [0.15, 0.2) is 60.8 Å². The molecule has 1 aromatic heterocycles. The molecule has 0 aliphatic carbocycles. The number of nitrogens with one attached hydrogen (secondary N) is 2. The summed E-state index contributed by atoms with van der Waals surface area (Å²) in [5, 5.41) is 12.5. The molecule has 3 N–H and O–H groups in total. The Labute approximate surface area is 155 Å². The summed E-state index contributed by atoms with van der Waals surface area (Å²) in [6.07, 6.45) is 1.67. The van der Waals surface area contributed by atoms with Crippen LogP contribution in [0.3, 0.4) is 0 Å². The van der Waals surface area contributed by atoms with Crippen LogP contribution in [0.5, 0.6) is 5.75 Å². The zero-order valence-corrected chi connectivity index (χ0v) is 14.6. The highest BCUT2D eigenvalue weighted by atomic mass is 32.1. The fourth-order valence-corrected chi connectivity index (χ4v) is 2.62. The Kier molecular flexibility index (Phi) is 5.73. The zero-order valence-electron chi connectivity index (χ0n) is 13.8. The second-order valence-electron chi connectivity index (χ2n) is 5.45. The minimum Gasteiger partial charge on any atom is -0.492 e. The van der Waals surface area contributed by atoms with Gasteiger partial charge in [0, 0.05) is 17.1 Å². The van der Waals surface area contributed by atoms with Gasteiger partial charge in [0.1, 0.15) is 17.3 Å². The first-order valence-corrected chi connectivity index (χ1v) is 8.39. The Balaban J connectivity index is 1.53. The third kappa shape index (κ3) is 4.14. The van der Waals surface area contributed by atoms with E-state index in [-0.39, 0.29) is 10.9 Å². The summed E-state index contributed by atoms with van der Waals surface area (Å²) in [5.74, 6) is 0.461. The van der Waals surface area contributed by atoms with Crippen molar-refractivity contribution in [2.24, 2.45) is 0 Å². The average molecular weight is 367 g/mol. The molecule has 0 aliphatic rings. The summed E-state index contributed by atoms with van der Waals surface area (Å²) in [6, 6.07) is 16.2. The minimum atomic E-state index is -0.187. The SMILES string of the molecule is O=C(NCCOc1ccc(C(=S)NO)cc1)c1cccc2cccnc12. The number of benzene rings is 2. The molecule has 3 rings (SSSR count). The fraction of sp³-hybridized carbons (Fsp3) is 0.105. The highest BCUT2D eigenvalue weighted by Gasteiger charge is 2.10. The lowest BCUT2D eigenvalue weighted by Gasteiger charge is -2.09. The molecule has 0 spiro atoms. The molecule has 0 bridgehead atoms. The standard InChI is InChI=1S/C19H17N3O3S/c23-18(16-5-1-3-13-4-2-10-20-17(13)16)21-11-12-25-15-8-6-14(7-9-15)19(26)22-24/h1-10,24H,11-12H2,(H,21,23)(H,22,26). The van der Waals surface area contributed by atoms with Gasteiger partial charge in [-0.3, -0.25) is 20.5 Å². The Hall–Kier alpha value is -3.03. The number of fused-ring (bicyclic) bond motifs is 1. The van der Waals surface area contributed by atoms with Gasteiger partial charge in [-0.05, 0) is 36.4 Å². The maximum Gasteiger partial charge on any atom is 0.253 e. The molecule has 2 aromatic carbocycles. The van der Waals surface area contributed by atoms with E-state index >= 15 is 0 Å². The lowest BCUT2D eigenvalue weighted by molar-refractivity contribution is 0.0948. The monoisotopic (exact) mass is 367 g/mol. The first-order chi connectivity index (χ1) is 12.7. The Morgan fingerprint density at radius 1 is 1.12 bits per heavy atom. The molecule has 3 aromatic rings. The number of nitrogens with zero attached hydrogens (tertiary/aromatic N) is 1. The number of pyridine rings is 1. The van der Waals surface area contributed by atoms with E-state index < -0.39 is 0 Å². The molecule has 0 aliphatic heterocycles. The normalized spacial score (nSPS) is 10.3. The van der Waals surface area contributed by atoms with Crippen molar-refractivity contribution in [1.82, 2.24) is 15.8 Å². The number of para-hydroxylation sites is 1. The number of carbonyl (C=O) groups excluding carboxylic acids is 1. The largest absolute Gasteiger partial charge is 0.492 e. The molecule has 6 nitrogen and oxygen atoms in total. The van der Waals surface area contributed by atoms with Crippen molar-refractivity contribution in [2.75, 3.05) is 13.2 Å². The van der Waals surface area contributed by atoms with Crippen LogP contribution in [-0.2, 0) is 0 Å². The number of ether oxygens (including phenoxy) is 1. The maximum absolute atomic E-state index is 12.4. The van der Waals surface area contributed by atoms with Crippen molar-refractivity contribution in [3.8, 4) is 5.75 Å². The molecule has 0 atom stereocenters. The number of amides is 1. The van der Waals surface area contributed by atoms with Gasteiger partial charge in [-0.15, -0.1) is 0 Å². The van der Waals surface area contributed by atoms with Crippen molar-refractivity contribution in [1.29, 1.82) is 0 Å². The van der Waals surface area contributed by atoms with Crippen molar-refractivity contribution in [3.05, 3.63) is 71.9 Å². The highest BCUT2D eigenvalue weighted by Crippen LogP contribution is 2.16. The Morgan fingerprint density at radius 3 is 2.65 bits per heavy atom. The predicted molar refractivity (Wildman–Crippen MR) is 103 cm³/mol. The van der Waals surface area contributed by atoms with Crippen LogP contribution >= 0.6 is 12.2 Å². The molecule has 0 saturated carbocycles. The molecular formula is C19H17N3O3S. The number of hydrogen-bond acceptors (Lipinski definition) is 5. The van der Waals surface area contributed by atoms with E-state index in [1.54, 1.807) is 36.5 Å². The van der Waals surface area contributed by atoms with Gasteiger partial charge in [0.25, 0.3) is 5.91 Å². The van der Waals surface area contributed by atoms with Crippen LogP contribution < -0.4 is 15.5 Å². The van der Waals surface area contributed by atoms with Gasteiger partial charge in [0.05, 0.1) is 17.6 Å². The number of thiocarbonyl (C=S) groups is 1. The molecule has 0 unspecified atom stereocenters. The lowest BCUT2D eigenvalue weighted by atomic mass is 10.1. The molecule has 1 heterocycles. The van der Waals surface area contributed by atoms with Crippen molar-refractivity contribution in [3.63, 3.8) is 0 Å². The van der Waals surface area contributed by atoms with Crippen LogP contribution in [0.2, 0.25) is 0 Å². The lowest BCUT2D eigenvalue weighted by Crippen LogP contribution is -2.28. The van der Waals surface area contributed by atoms with Gasteiger partial charge in [-0.2, -0.15) is 0 Å². The van der Waals surface area contributed by atoms with E-state index in [2.05, 4.69) is 10.3 Å². The number of hydroxylamine groups is 1. The first kappa shape index (κ1) is 17.8. The molecule has 132 valence electrons. The summed E-state index contributed by atoms with van der Waals surface area (Å²) in [5.41, 5.74) is 3.84. The first-order valence-electron chi connectivity index (χ1n) is 7.98. The summed E-state index contributed by atoms with van der Waals surface area (Å²) < 4.78 is 5.59. The average Bonchev–Trinajstić information content (AvgIpc) is 2.70. The van der Waals surface area contributed by atoms with E-state index in [1.807, 2.05) is 29.7 Å². The van der Waals surface area contributed by atoms with E-state index in [0.29, 0.717) is 35.5 Å². The van der Waals surface area contributed by atoms with Crippen LogP contribution in [-0.4, -0.2) is 34.2 Å². The number of rotatable bonds is 6. The topological polar surface area (TPSA) is 83.5 Å². The third-order valence-corrected chi connectivity index (χ3v) is 4.08. The van der Waals surface area contributed by atoms with Crippen LogP contribution in [0, 0.1) is 0 Å². The molecule has 26 heavy (non-hydrogen) atoms. The van der Waals surface area contributed by atoms with E-state index in [9.17, 15) is 4.79 Å². The van der Waals surface area contributed by atoms with Crippen molar-refractivity contribution >= 4 is 34.0 Å². The molecule has 0 radical (unpaired) electrons. The highest BCUT2D eigenvalue weighted by molar-refractivity contribution is 7.80. The van der Waals surface area contributed by atoms with Gasteiger partial charge in [0.2, 0.25) is 0 Å². The molecular weight excluding hydrogens is 350 g/mol. The van der Waals surface area contributed by atoms with Gasteiger partial charge in [0.15, 0.2) is 0 Å². The van der Waals surface area contributed by atoms with E-state index in [4.69, 9.17) is 22.2 Å². The Bertz CT molecular complexity index is 923. The molecule has 1 amide bonds. The maximum atomic E-state index is 12.4. The molecule has 0 saturated heterocycles. The van der Waals surface area contributed by atoms with Gasteiger partial charge >= 0.3 is 0 Å². The van der Waals surface area contributed by atoms with Crippen LogP contribution in [0.25, 0.3) is 10.9 Å². The number of hydrogen-bond donors (Lipinski definition) is 3. The van der Waals surface area contributed by atoms with Crippen molar-refractivity contribution < 1.29 is 14.7 Å². The summed E-state index contributed by atoms with van der Waals surface area (Å²) in [4.78, 5) is 16.9. The second-order valence-corrected chi connectivity index (χ2v) is 5.86. The van der Waals surface area contributed by atoms with Gasteiger partial charge in [-0.1, -0.05) is 30.4 Å². The van der Waals surface area contributed by atoms with Gasteiger partial charge in [-0.25, -0.2) is 0 Å². The van der Waals surface area contributed by atoms with E-state index in [0.717, 1.165) is 5.39 Å². The van der Waals surface area contributed by atoms with Crippen LogP contribution in [0.1, 0.15) is 15.9 Å². The predicted octanol–water partition coefficient (Wildman–Crippen LogP) is 2.70. The van der Waals surface area contributed by atoms with Crippen molar-refractivity contribution in [2.45, 2.75) is 0 Å². The smallest absolute Gasteiger partial charge is 0.253 e. The summed E-state index contributed by atoms with van der Waals surface area (Å²) in [6.45, 7) is 0.687. The minimum absolute atomic E-state index is 0.187. The summed E-state index contributed by atoms with van der Waals surface area (Å²) in [7, 11) is 0. The zero-order chi connectivity index (χ0) is 18.4. The van der Waals surface area contributed by atoms with Crippen LogP contribution in [0.4, 0.5) is 0 Å².